The zero-order chi connectivity index (χ0) is 15.7. The normalized spacial score (nSPS) is 10.9. The number of hydrogen-bond acceptors (Lipinski definition) is 5. The SMILES string of the molecule is COc1ccc2oc(C)c(C(=O)NCc3cnc(C)s3)c2c1. The summed E-state index contributed by atoms with van der Waals surface area (Å²) in [6, 6.07) is 5.44. The molecule has 3 aromatic rings. The molecule has 0 unspecified atom stereocenters. The van der Waals surface area contributed by atoms with Gasteiger partial charge in [-0.2, -0.15) is 0 Å². The van der Waals surface area contributed by atoms with Crippen LogP contribution in [-0.2, 0) is 6.54 Å². The van der Waals surface area contributed by atoms with E-state index in [9.17, 15) is 4.79 Å². The first-order valence-electron chi connectivity index (χ1n) is 6.85. The molecule has 0 radical (unpaired) electrons. The van der Waals surface area contributed by atoms with Crippen LogP contribution in [0.5, 0.6) is 5.75 Å². The summed E-state index contributed by atoms with van der Waals surface area (Å²) in [5, 5.41) is 4.66. The number of rotatable bonds is 4. The molecule has 1 amide bonds. The smallest absolute Gasteiger partial charge is 0.255 e. The summed E-state index contributed by atoms with van der Waals surface area (Å²) in [7, 11) is 1.60. The molecule has 0 atom stereocenters. The second kappa shape index (κ2) is 5.81. The average Bonchev–Trinajstić information content (AvgIpc) is 3.06. The van der Waals surface area contributed by atoms with Crippen LogP contribution >= 0.6 is 11.3 Å². The molecule has 0 bridgehead atoms. The van der Waals surface area contributed by atoms with Crippen LogP contribution in [0.15, 0.2) is 28.8 Å². The van der Waals surface area contributed by atoms with Crippen LogP contribution in [0, 0.1) is 13.8 Å². The fraction of sp³-hybridized carbons (Fsp3) is 0.250. The van der Waals surface area contributed by atoms with E-state index in [0.717, 1.165) is 15.3 Å². The van der Waals surface area contributed by atoms with Gasteiger partial charge in [0.25, 0.3) is 5.91 Å². The number of amides is 1. The van der Waals surface area contributed by atoms with Gasteiger partial charge in [-0.05, 0) is 32.0 Å². The molecule has 2 aromatic heterocycles. The van der Waals surface area contributed by atoms with Gasteiger partial charge in [0.1, 0.15) is 17.1 Å². The third-order valence-electron chi connectivity index (χ3n) is 3.39. The summed E-state index contributed by atoms with van der Waals surface area (Å²) in [6.07, 6.45) is 1.78. The van der Waals surface area contributed by atoms with Crippen molar-refractivity contribution < 1.29 is 13.9 Å². The van der Waals surface area contributed by atoms with Crippen molar-refractivity contribution in [3.63, 3.8) is 0 Å². The van der Waals surface area contributed by atoms with Gasteiger partial charge in [0.15, 0.2) is 0 Å². The van der Waals surface area contributed by atoms with Crippen LogP contribution in [0.25, 0.3) is 11.0 Å². The Labute approximate surface area is 131 Å². The zero-order valence-electron chi connectivity index (χ0n) is 12.6. The molecule has 22 heavy (non-hydrogen) atoms. The molecule has 0 saturated carbocycles. The molecule has 1 N–H and O–H groups in total. The number of aromatic nitrogens is 1. The van der Waals surface area contributed by atoms with E-state index in [-0.39, 0.29) is 5.91 Å². The minimum absolute atomic E-state index is 0.157. The minimum Gasteiger partial charge on any atom is -0.497 e. The number of aryl methyl sites for hydroxylation is 2. The monoisotopic (exact) mass is 316 g/mol. The molecule has 114 valence electrons. The number of hydrogen-bond donors (Lipinski definition) is 1. The number of methoxy groups -OCH3 is 1. The predicted molar refractivity (Wildman–Crippen MR) is 85.5 cm³/mol. The van der Waals surface area contributed by atoms with Gasteiger partial charge in [0.05, 0.1) is 24.2 Å². The van der Waals surface area contributed by atoms with Gasteiger partial charge in [-0.25, -0.2) is 4.98 Å². The van der Waals surface area contributed by atoms with Crippen molar-refractivity contribution in [2.45, 2.75) is 20.4 Å². The fourth-order valence-corrected chi connectivity index (χ4v) is 3.09. The maximum Gasteiger partial charge on any atom is 0.255 e. The second-order valence-electron chi connectivity index (χ2n) is 4.92. The van der Waals surface area contributed by atoms with Crippen LogP contribution in [0.2, 0.25) is 0 Å². The van der Waals surface area contributed by atoms with Gasteiger partial charge in [-0.15, -0.1) is 11.3 Å². The average molecular weight is 316 g/mol. The third-order valence-corrected chi connectivity index (χ3v) is 4.30. The van der Waals surface area contributed by atoms with Crippen LogP contribution in [0.1, 0.15) is 26.0 Å². The topological polar surface area (TPSA) is 64.4 Å². The Morgan fingerprint density at radius 3 is 2.91 bits per heavy atom. The summed E-state index contributed by atoms with van der Waals surface area (Å²) in [6.45, 7) is 4.19. The largest absolute Gasteiger partial charge is 0.497 e. The van der Waals surface area contributed by atoms with Gasteiger partial charge in [-0.3, -0.25) is 4.79 Å². The van der Waals surface area contributed by atoms with E-state index in [2.05, 4.69) is 10.3 Å². The molecular formula is C16H16N2O3S. The standard InChI is InChI=1S/C16H16N2O3S/c1-9-15(13-6-11(20-3)4-5-14(13)21-9)16(19)18-8-12-7-17-10(2)22-12/h4-7H,8H2,1-3H3,(H,18,19). The lowest BCUT2D eigenvalue weighted by Crippen LogP contribution is -2.22. The van der Waals surface area contributed by atoms with E-state index in [1.165, 1.54) is 0 Å². The van der Waals surface area contributed by atoms with Gasteiger partial charge in [0.2, 0.25) is 0 Å². The van der Waals surface area contributed by atoms with Gasteiger partial charge in [-0.1, -0.05) is 0 Å². The molecule has 1 aromatic carbocycles. The van der Waals surface area contributed by atoms with Gasteiger partial charge < -0.3 is 14.5 Å². The Kier molecular flexibility index (Phi) is 3.85. The van der Waals surface area contributed by atoms with Crippen molar-refractivity contribution in [2.24, 2.45) is 0 Å². The van der Waals surface area contributed by atoms with Crippen molar-refractivity contribution in [3.05, 3.63) is 45.6 Å². The van der Waals surface area contributed by atoms with Crippen molar-refractivity contribution in [1.29, 1.82) is 0 Å². The lowest BCUT2D eigenvalue weighted by molar-refractivity contribution is 0.0951. The lowest BCUT2D eigenvalue weighted by Gasteiger charge is -2.03. The molecule has 0 saturated heterocycles. The zero-order valence-corrected chi connectivity index (χ0v) is 13.4. The number of carbonyl (C=O) groups is 1. The predicted octanol–water partition coefficient (Wildman–Crippen LogP) is 3.44. The summed E-state index contributed by atoms with van der Waals surface area (Å²) in [5.74, 6) is 1.14. The van der Waals surface area contributed by atoms with Gasteiger partial charge >= 0.3 is 0 Å². The van der Waals surface area contributed by atoms with Crippen LogP contribution in [0.3, 0.4) is 0 Å². The highest BCUT2D eigenvalue weighted by atomic mass is 32.1. The molecule has 3 rings (SSSR count). The van der Waals surface area contributed by atoms with E-state index in [4.69, 9.17) is 9.15 Å². The maximum atomic E-state index is 12.5. The van der Waals surface area contributed by atoms with E-state index in [1.807, 2.05) is 25.1 Å². The van der Waals surface area contributed by atoms with Crippen LogP contribution < -0.4 is 10.1 Å². The van der Waals surface area contributed by atoms with Crippen LogP contribution in [0.4, 0.5) is 0 Å². The van der Waals surface area contributed by atoms with E-state index >= 15 is 0 Å². The number of nitrogens with zero attached hydrogens (tertiary/aromatic N) is 1. The Hall–Kier alpha value is -2.34. The molecule has 2 heterocycles. The Bertz CT molecular complexity index is 835. The molecular weight excluding hydrogens is 300 g/mol. The highest BCUT2D eigenvalue weighted by Gasteiger charge is 2.18. The van der Waals surface area contributed by atoms with E-state index < -0.39 is 0 Å². The maximum absolute atomic E-state index is 12.5. The molecule has 0 aliphatic heterocycles. The molecule has 0 spiro atoms. The number of ether oxygens (including phenoxy) is 1. The van der Waals surface area contributed by atoms with Crippen molar-refractivity contribution in [3.8, 4) is 5.75 Å². The number of thiazole rings is 1. The molecule has 0 aliphatic rings. The molecule has 6 heteroatoms. The van der Waals surface area contributed by atoms with Crippen LogP contribution in [-0.4, -0.2) is 18.0 Å². The number of fused-ring (bicyclic) bond motifs is 1. The fourth-order valence-electron chi connectivity index (χ4n) is 2.35. The Morgan fingerprint density at radius 1 is 1.41 bits per heavy atom. The number of carbonyl (C=O) groups excluding carboxylic acids is 1. The molecule has 0 fully saturated rings. The van der Waals surface area contributed by atoms with Gasteiger partial charge in [0, 0.05) is 16.5 Å². The summed E-state index contributed by atoms with van der Waals surface area (Å²) in [4.78, 5) is 17.7. The molecule has 0 aliphatic carbocycles. The Balaban J connectivity index is 1.87. The first kappa shape index (κ1) is 14.6. The highest BCUT2D eigenvalue weighted by molar-refractivity contribution is 7.11. The number of nitrogens with one attached hydrogen (secondary N) is 1. The van der Waals surface area contributed by atoms with E-state index in [0.29, 0.717) is 29.2 Å². The number of furan rings is 1. The lowest BCUT2D eigenvalue weighted by atomic mass is 10.1. The quantitative estimate of drug-likeness (QED) is 0.801. The van der Waals surface area contributed by atoms with E-state index in [1.54, 1.807) is 31.6 Å². The first-order valence-corrected chi connectivity index (χ1v) is 7.67. The second-order valence-corrected chi connectivity index (χ2v) is 6.24. The van der Waals surface area contributed by atoms with Crippen molar-refractivity contribution in [2.75, 3.05) is 7.11 Å². The Morgan fingerprint density at radius 2 is 2.23 bits per heavy atom. The highest BCUT2D eigenvalue weighted by Crippen LogP contribution is 2.29. The molecule has 5 nitrogen and oxygen atoms in total. The number of benzene rings is 1. The van der Waals surface area contributed by atoms with Crippen molar-refractivity contribution in [1.82, 2.24) is 10.3 Å². The summed E-state index contributed by atoms with van der Waals surface area (Å²) >= 11 is 1.57. The van der Waals surface area contributed by atoms with Crippen molar-refractivity contribution >= 4 is 28.2 Å². The summed E-state index contributed by atoms with van der Waals surface area (Å²) in [5.41, 5.74) is 1.23. The third kappa shape index (κ3) is 2.69. The minimum atomic E-state index is -0.157. The first-order chi connectivity index (χ1) is 10.6. The summed E-state index contributed by atoms with van der Waals surface area (Å²) < 4.78 is 10.9.